The number of aliphatic imine (C=N–C) groups is 1. The molecule has 9 rings (SSSR count). The number of hydrogen-bond acceptors (Lipinski definition) is 12. The molecule has 0 saturated carbocycles. The van der Waals surface area contributed by atoms with E-state index in [1.165, 1.54) is 12.1 Å². The number of ether oxygens (including phenoxy) is 1. The predicted molar refractivity (Wildman–Crippen MR) is 237 cm³/mol. The summed E-state index contributed by atoms with van der Waals surface area (Å²) in [5.74, 6) is -3.67. The van der Waals surface area contributed by atoms with Gasteiger partial charge >= 0.3 is 0 Å². The number of nitrogens with one attached hydrogen (secondary N) is 2. The summed E-state index contributed by atoms with van der Waals surface area (Å²) in [6.07, 6.45) is 4.03. The highest BCUT2D eigenvalue weighted by Crippen LogP contribution is 2.38. The third kappa shape index (κ3) is 8.89. The van der Waals surface area contributed by atoms with Gasteiger partial charge in [0, 0.05) is 81.8 Å². The van der Waals surface area contributed by atoms with Gasteiger partial charge in [-0.05, 0) is 80.5 Å². The Morgan fingerprint density at radius 3 is 2.58 bits per heavy atom. The van der Waals surface area contributed by atoms with Gasteiger partial charge in [-0.1, -0.05) is 13.0 Å². The van der Waals surface area contributed by atoms with Crippen molar-refractivity contribution in [3.05, 3.63) is 82.7 Å². The van der Waals surface area contributed by atoms with Gasteiger partial charge in [-0.25, -0.2) is 13.5 Å². The van der Waals surface area contributed by atoms with Crippen molar-refractivity contribution in [2.24, 2.45) is 23.9 Å². The summed E-state index contributed by atoms with van der Waals surface area (Å²) in [6, 6.07) is 13.9. The Morgan fingerprint density at radius 1 is 0.985 bits per heavy atom. The van der Waals surface area contributed by atoms with Crippen LogP contribution in [0.2, 0.25) is 0 Å². The molecule has 3 saturated heterocycles. The number of rotatable bonds is 6. The molecule has 4 atom stereocenters. The summed E-state index contributed by atoms with van der Waals surface area (Å²) in [7, 11) is 1.82. The van der Waals surface area contributed by atoms with E-state index in [-0.39, 0.29) is 54.9 Å². The quantitative estimate of drug-likeness (QED) is 0.240. The molecular formula is C47H51F2N11O5. The lowest BCUT2D eigenvalue weighted by Crippen LogP contribution is -2.56. The second-order valence-corrected chi connectivity index (χ2v) is 17.8. The highest BCUT2D eigenvalue weighted by atomic mass is 19.1. The summed E-state index contributed by atoms with van der Waals surface area (Å²) >= 11 is 0. The number of piperidine rings is 1. The van der Waals surface area contributed by atoms with Crippen LogP contribution in [0, 0.1) is 41.7 Å². The van der Waals surface area contributed by atoms with Crippen molar-refractivity contribution >= 4 is 46.7 Å². The van der Waals surface area contributed by atoms with E-state index in [0.29, 0.717) is 86.7 Å². The van der Waals surface area contributed by atoms with Crippen LogP contribution in [0.5, 0.6) is 5.88 Å². The first kappa shape index (κ1) is 43.5. The minimum absolute atomic E-state index is 0.000143. The molecule has 5 aliphatic heterocycles. The molecular weight excluding hydrogens is 837 g/mol. The van der Waals surface area contributed by atoms with Gasteiger partial charge in [0.25, 0.3) is 5.91 Å². The number of anilines is 3. The minimum Gasteiger partial charge on any atom is -0.477 e. The van der Waals surface area contributed by atoms with E-state index in [1.54, 1.807) is 32.8 Å². The van der Waals surface area contributed by atoms with Crippen LogP contribution in [0.1, 0.15) is 78.5 Å². The van der Waals surface area contributed by atoms with E-state index in [0.717, 1.165) is 29.8 Å². The van der Waals surface area contributed by atoms with E-state index < -0.39 is 41.2 Å². The second kappa shape index (κ2) is 18.0. The Labute approximate surface area is 375 Å². The molecule has 16 nitrogen and oxygen atoms in total. The maximum Gasteiger partial charge on any atom is 0.280 e. The first-order chi connectivity index (χ1) is 31.3. The molecule has 65 heavy (non-hydrogen) atoms. The van der Waals surface area contributed by atoms with Crippen LogP contribution in [0.3, 0.4) is 0 Å². The van der Waals surface area contributed by atoms with E-state index in [4.69, 9.17) is 9.72 Å². The third-order valence-corrected chi connectivity index (χ3v) is 13.1. The van der Waals surface area contributed by atoms with Crippen molar-refractivity contribution in [1.29, 1.82) is 5.26 Å². The smallest absolute Gasteiger partial charge is 0.280 e. The molecule has 2 aromatic heterocycles. The zero-order valence-corrected chi connectivity index (χ0v) is 36.6. The van der Waals surface area contributed by atoms with Gasteiger partial charge < -0.3 is 24.8 Å². The molecule has 0 radical (unpaired) electrons. The van der Waals surface area contributed by atoms with Gasteiger partial charge in [-0.15, -0.1) is 0 Å². The number of fused-ring (bicyclic) bond motifs is 7. The number of aryl methyl sites for hydroxylation is 2. The summed E-state index contributed by atoms with van der Waals surface area (Å²) in [5, 5.41) is 19.8. The van der Waals surface area contributed by atoms with Crippen LogP contribution in [0.25, 0.3) is 11.3 Å². The number of carbonyl (C=O) groups is 4. The summed E-state index contributed by atoms with van der Waals surface area (Å²) < 4.78 is 38.7. The monoisotopic (exact) mass is 887 g/mol. The van der Waals surface area contributed by atoms with Crippen LogP contribution in [0.4, 0.5) is 25.8 Å². The van der Waals surface area contributed by atoms with Gasteiger partial charge in [0.15, 0.2) is 0 Å². The Morgan fingerprint density at radius 2 is 1.80 bits per heavy atom. The first-order valence-electron chi connectivity index (χ1n) is 22.2. The predicted octanol–water partition coefficient (Wildman–Crippen LogP) is 5.28. The van der Waals surface area contributed by atoms with Crippen LogP contribution in [-0.4, -0.2) is 106 Å². The van der Waals surface area contributed by atoms with Gasteiger partial charge in [-0.2, -0.15) is 15.4 Å². The fourth-order valence-corrected chi connectivity index (χ4v) is 9.83. The summed E-state index contributed by atoms with van der Waals surface area (Å²) in [5.41, 5.74) is 5.05. The number of hydrogen-bond donors (Lipinski definition) is 2. The van der Waals surface area contributed by atoms with E-state index >= 15 is 8.78 Å². The Hall–Kier alpha value is -6.74. The van der Waals surface area contributed by atoms with Gasteiger partial charge in [0.2, 0.25) is 29.6 Å². The number of benzene rings is 2. The molecule has 0 spiro atoms. The maximum absolute atomic E-state index is 15.4. The largest absolute Gasteiger partial charge is 0.477 e. The molecule has 0 aliphatic carbocycles. The fraction of sp³-hybridized carbons (Fsp3) is 0.447. The highest BCUT2D eigenvalue weighted by Gasteiger charge is 2.39. The zero-order valence-electron chi connectivity index (χ0n) is 36.6. The van der Waals surface area contributed by atoms with Crippen molar-refractivity contribution < 1.29 is 32.7 Å². The van der Waals surface area contributed by atoms with Crippen molar-refractivity contribution in [2.75, 3.05) is 61.0 Å². The third-order valence-electron chi connectivity index (χ3n) is 13.1. The number of pyridine rings is 1. The van der Waals surface area contributed by atoms with Gasteiger partial charge in [-0.3, -0.25) is 34.4 Å². The number of halogens is 2. The first-order valence-corrected chi connectivity index (χ1v) is 22.2. The number of nitriles is 1. The van der Waals surface area contributed by atoms with Crippen molar-refractivity contribution in [2.45, 2.75) is 70.9 Å². The summed E-state index contributed by atoms with van der Waals surface area (Å²) in [6.45, 7) is 7.83. The maximum atomic E-state index is 15.4. The molecule has 3 fully saturated rings. The topological polar surface area (TPSA) is 181 Å². The molecule has 338 valence electrons. The Balaban J connectivity index is 0.877. The molecule has 4 aromatic rings. The number of amides is 4. The summed E-state index contributed by atoms with van der Waals surface area (Å²) in [4.78, 5) is 69.2. The fourth-order valence-electron chi connectivity index (χ4n) is 9.83. The number of guanidine groups is 1. The molecule has 18 heteroatoms. The van der Waals surface area contributed by atoms with Crippen LogP contribution < -0.4 is 25.2 Å². The molecule has 4 amide bonds. The second-order valence-electron chi connectivity index (χ2n) is 17.8. The van der Waals surface area contributed by atoms with E-state index in [9.17, 15) is 24.4 Å². The van der Waals surface area contributed by atoms with Gasteiger partial charge in [0.05, 0.1) is 65.8 Å². The van der Waals surface area contributed by atoms with Crippen molar-refractivity contribution in [3.8, 4) is 23.2 Å². The lowest BCUT2D eigenvalue weighted by Gasteiger charge is -2.41. The molecule has 2 bridgehead atoms. The lowest BCUT2D eigenvalue weighted by molar-refractivity contribution is -0.140. The van der Waals surface area contributed by atoms with Crippen LogP contribution in [-0.2, 0) is 28.0 Å². The normalized spacial score (nSPS) is 23.5. The average Bonchev–Trinajstić information content (AvgIpc) is 4.00. The van der Waals surface area contributed by atoms with Crippen molar-refractivity contribution in [3.63, 3.8) is 0 Å². The molecule has 0 unspecified atom stereocenters. The number of nitrogens with zero attached hydrogens (tertiary/aromatic N) is 9. The van der Waals surface area contributed by atoms with Crippen LogP contribution in [0.15, 0.2) is 53.7 Å². The average molecular weight is 888 g/mol. The Bertz CT molecular complexity index is 2620. The Kier molecular flexibility index (Phi) is 12.1. The molecule has 2 N–H and O–H groups in total. The molecule has 2 aromatic carbocycles. The van der Waals surface area contributed by atoms with Crippen LogP contribution >= 0.6 is 0 Å². The number of carbonyl (C=O) groups excluding carboxylic acids is 4. The number of aromatic nitrogens is 3. The molecule has 5 aliphatic rings. The number of piperazine rings is 1. The van der Waals surface area contributed by atoms with E-state index in [2.05, 4.69) is 49.6 Å². The zero-order chi connectivity index (χ0) is 45.5. The SMILES string of the molecule is Cc1cc2cc(n1)-c1cnn(C)c1OCCC[C@@H](C)CN1/C(=N/C2=O)Nc2ccc(CN3CCN(C(=O)[C@@H]4CCN(c5cc(F)c([C@H]6CCC(=O)NC6=O)c(F)c5)C4)[C@H](CC#N)C3)cc21. The van der Waals surface area contributed by atoms with Gasteiger partial charge in [0.1, 0.15) is 11.6 Å². The highest BCUT2D eigenvalue weighted by molar-refractivity contribution is 6.19. The van der Waals surface area contributed by atoms with Crippen molar-refractivity contribution in [1.82, 2.24) is 29.9 Å². The number of imide groups is 1. The lowest BCUT2D eigenvalue weighted by atomic mass is 9.89. The molecule has 7 heterocycles. The minimum atomic E-state index is -1.10. The van der Waals surface area contributed by atoms with E-state index in [1.807, 2.05) is 26.1 Å². The standard InChI is InChI=1S/C47H51F2N11O5/c1-27-5-4-16-65-46-35(22-51-56(46)3)39-19-31(17-28(2)52-39)43(62)55-47-53-38-8-6-29(18-40(38)60(47)23-27)24-57-14-15-59(32(26-57)10-12-50)45(64)30-11-13-58(25-30)33-20-36(48)42(37(49)21-33)34-7-9-41(61)54-44(34)63/h6,8,17-22,27,30,32,34H,4-5,7,9-11,13-16,23-26H2,1-3H3,(H,53,55,62)(H,54,61,63)/t27-,30-,32-,34-/m1/s1.